The van der Waals surface area contributed by atoms with Crippen molar-refractivity contribution < 1.29 is 14.3 Å². The van der Waals surface area contributed by atoms with Gasteiger partial charge in [-0.05, 0) is 67.6 Å². The van der Waals surface area contributed by atoms with Crippen LogP contribution in [0.4, 0.5) is 11.4 Å². The molecule has 6 nitrogen and oxygen atoms in total. The number of piperidine rings is 1. The highest BCUT2D eigenvalue weighted by atomic mass is 32.1. The average Bonchev–Trinajstić information content (AvgIpc) is 3.53. The number of methoxy groups -OCH3 is 1. The van der Waals surface area contributed by atoms with Gasteiger partial charge in [-0.1, -0.05) is 23.8 Å². The Hall–Kier alpha value is -3.32. The van der Waals surface area contributed by atoms with E-state index in [0.717, 1.165) is 47.8 Å². The summed E-state index contributed by atoms with van der Waals surface area (Å²) in [6.07, 6.45) is 1.99. The van der Waals surface area contributed by atoms with Crippen molar-refractivity contribution in [2.75, 3.05) is 30.0 Å². The highest BCUT2D eigenvalue weighted by molar-refractivity contribution is 7.10. The van der Waals surface area contributed by atoms with Gasteiger partial charge in [0.2, 0.25) is 11.8 Å². The molecule has 0 bridgehead atoms. The Morgan fingerprint density at radius 1 is 1.00 bits per heavy atom. The van der Waals surface area contributed by atoms with Crippen LogP contribution in [0.1, 0.15) is 35.7 Å². The van der Waals surface area contributed by atoms with E-state index in [2.05, 4.69) is 22.3 Å². The minimum atomic E-state index is -0.401. The zero-order chi connectivity index (χ0) is 24.4. The summed E-state index contributed by atoms with van der Waals surface area (Å²) < 4.78 is 5.26. The summed E-state index contributed by atoms with van der Waals surface area (Å²) in [7, 11) is 1.67. The van der Waals surface area contributed by atoms with Crippen molar-refractivity contribution in [2.45, 2.75) is 38.3 Å². The first-order valence-electron chi connectivity index (χ1n) is 12.1. The first-order valence-corrected chi connectivity index (χ1v) is 13.0. The standard InChI is InChI=1S/C28H31N3O3S/c1-19-5-7-22(8-6-19)31-26(32)18-24(27(31)25-4-3-17-35-25)28(33)29-20-13-15-30(16-14-20)21-9-11-23(34-2)12-10-21/h3-12,17,20,24,27H,13-16,18H2,1-2H3,(H,29,33). The van der Waals surface area contributed by atoms with Crippen molar-refractivity contribution in [1.82, 2.24) is 5.32 Å². The van der Waals surface area contributed by atoms with Crippen molar-refractivity contribution in [1.29, 1.82) is 0 Å². The van der Waals surface area contributed by atoms with Gasteiger partial charge in [-0.2, -0.15) is 0 Å². The maximum atomic E-state index is 13.5. The molecule has 7 heteroatoms. The molecular formula is C28H31N3O3S. The van der Waals surface area contributed by atoms with Crippen molar-refractivity contribution in [3.05, 3.63) is 76.5 Å². The molecule has 0 radical (unpaired) electrons. The number of carbonyl (C=O) groups excluding carboxylic acids is 2. The van der Waals surface area contributed by atoms with E-state index in [1.807, 2.05) is 65.7 Å². The Bertz CT molecular complexity index is 1150. The summed E-state index contributed by atoms with van der Waals surface area (Å²) in [5.41, 5.74) is 3.16. The number of nitrogens with one attached hydrogen (secondary N) is 1. The summed E-state index contributed by atoms with van der Waals surface area (Å²) >= 11 is 1.60. The first kappa shape index (κ1) is 23.4. The second-order valence-electron chi connectivity index (χ2n) is 9.34. The van der Waals surface area contributed by atoms with Crippen LogP contribution in [0.15, 0.2) is 66.0 Å². The fourth-order valence-electron chi connectivity index (χ4n) is 5.15. The highest BCUT2D eigenvalue weighted by Gasteiger charge is 2.46. The number of ether oxygens (including phenoxy) is 1. The molecule has 2 aromatic carbocycles. The fraction of sp³-hybridized carbons (Fsp3) is 0.357. The Kier molecular flexibility index (Phi) is 6.77. The number of anilines is 2. The first-order chi connectivity index (χ1) is 17.0. The molecule has 182 valence electrons. The summed E-state index contributed by atoms with van der Waals surface area (Å²) in [5.74, 6) is 0.431. The molecule has 2 aliphatic heterocycles. The number of amides is 2. The summed E-state index contributed by atoms with van der Waals surface area (Å²) in [4.78, 5) is 31.9. The lowest BCUT2D eigenvalue weighted by atomic mass is 9.96. The number of carbonyl (C=O) groups is 2. The molecule has 2 amide bonds. The largest absolute Gasteiger partial charge is 0.497 e. The summed E-state index contributed by atoms with van der Waals surface area (Å²) in [6, 6.07) is 19.9. The maximum Gasteiger partial charge on any atom is 0.228 e. The van der Waals surface area contributed by atoms with E-state index in [1.165, 1.54) is 5.69 Å². The molecule has 1 N–H and O–H groups in total. The molecule has 5 rings (SSSR count). The van der Waals surface area contributed by atoms with Gasteiger partial charge in [0, 0.05) is 41.8 Å². The van der Waals surface area contributed by atoms with Crippen LogP contribution in [-0.2, 0) is 9.59 Å². The molecule has 35 heavy (non-hydrogen) atoms. The third-order valence-electron chi connectivity index (χ3n) is 7.09. The maximum absolute atomic E-state index is 13.5. The third kappa shape index (κ3) is 4.91. The number of benzene rings is 2. The van der Waals surface area contributed by atoms with E-state index in [9.17, 15) is 9.59 Å². The lowest BCUT2D eigenvalue weighted by Crippen LogP contribution is -2.47. The van der Waals surface area contributed by atoms with Gasteiger partial charge >= 0.3 is 0 Å². The summed E-state index contributed by atoms with van der Waals surface area (Å²) in [6.45, 7) is 3.79. The molecule has 0 saturated carbocycles. The Morgan fingerprint density at radius 3 is 2.31 bits per heavy atom. The van der Waals surface area contributed by atoms with Gasteiger partial charge in [-0.25, -0.2) is 0 Å². The Balaban J connectivity index is 1.27. The van der Waals surface area contributed by atoms with E-state index in [-0.39, 0.29) is 30.3 Å². The second kappa shape index (κ2) is 10.1. The predicted octanol–water partition coefficient (Wildman–Crippen LogP) is 4.94. The molecular weight excluding hydrogens is 458 g/mol. The van der Waals surface area contributed by atoms with Gasteiger partial charge in [0.05, 0.1) is 19.1 Å². The molecule has 2 atom stereocenters. The normalized spacial score (nSPS) is 20.8. The monoisotopic (exact) mass is 489 g/mol. The van der Waals surface area contributed by atoms with E-state index in [4.69, 9.17) is 4.74 Å². The minimum Gasteiger partial charge on any atom is -0.497 e. The number of nitrogens with zero attached hydrogens (tertiary/aromatic N) is 2. The average molecular weight is 490 g/mol. The van der Waals surface area contributed by atoms with Crippen LogP contribution in [0.3, 0.4) is 0 Å². The molecule has 0 aliphatic carbocycles. The number of hydrogen-bond acceptors (Lipinski definition) is 5. The number of thiophene rings is 1. The highest BCUT2D eigenvalue weighted by Crippen LogP contribution is 2.43. The number of rotatable bonds is 6. The molecule has 2 saturated heterocycles. The molecule has 1 aromatic heterocycles. The van der Waals surface area contributed by atoms with Crippen LogP contribution >= 0.6 is 11.3 Å². The Morgan fingerprint density at radius 2 is 1.69 bits per heavy atom. The second-order valence-corrected chi connectivity index (χ2v) is 10.3. The smallest absolute Gasteiger partial charge is 0.228 e. The number of hydrogen-bond donors (Lipinski definition) is 1. The SMILES string of the molecule is COc1ccc(N2CCC(NC(=O)C3CC(=O)N(c4ccc(C)cc4)C3c3cccs3)CC2)cc1. The van der Waals surface area contributed by atoms with Gasteiger partial charge in [0.25, 0.3) is 0 Å². The van der Waals surface area contributed by atoms with Gasteiger partial charge < -0.3 is 19.9 Å². The van der Waals surface area contributed by atoms with Crippen LogP contribution in [0.2, 0.25) is 0 Å². The lowest BCUT2D eigenvalue weighted by molar-refractivity contribution is -0.127. The fourth-order valence-corrected chi connectivity index (χ4v) is 6.03. The zero-order valence-electron chi connectivity index (χ0n) is 20.1. The molecule has 2 aliphatic rings. The third-order valence-corrected chi connectivity index (χ3v) is 8.03. The van der Waals surface area contributed by atoms with Crippen LogP contribution in [0.5, 0.6) is 5.75 Å². The quantitative estimate of drug-likeness (QED) is 0.533. The molecule has 3 aromatic rings. The van der Waals surface area contributed by atoms with E-state index in [1.54, 1.807) is 18.4 Å². The topological polar surface area (TPSA) is 61.9 Å². The lowest BCUT2D eigenvalue weighted by Gasteiger charge is -2.35. The summed E-state index contributed by atoms with van der Waals surface area (Å²) in [5, 5.41) is 5.29. The molecule has 2 fully saturated rings. The zero-order valence-corrected chi connectivity index (χ0v) is 21.0. The van der Waals surface area contributed by atoms with Crippen molar-refractivity contribution >= 4 is 34.5 Å². The van der Waals surface area contributed by atoms with Crippen LogP contribution in [0.25, 0.3) is 0 Å². The van der Waals surface area contributed by atoms with Crippen LogP contribution in [0, 0.1) is 12.8 Å². The van der Waals surface area contributed by atoms with Crippen molar-refractivity contribution in [3.63, 3.8) is 0 Å². The minimum absolute atomic E-state index is 0.00160. The van der Waals surface area contributed by atoms with Gasteiger partial charge in [0.15, 0.2) is 0 Å². The van der Waals surface area contributed by atoms with Crippen LogP contribution < -0.4 is 19.9 Å². The van der Waals surface area contributed by atoms with Crippen LogP contribution in [-0.4, -0.2) is 38.1 Å². The van der Waals surface area contributed by atoms with E-state index < -0.39 is 5.92 Å². The van der Waals surface area contributed by atoms with E-state index >= 15 is 0 Å². The van der Waals surface area contributed by atoms with Crippen molar-refractivity contribution in [3.8, 4) is 5.75 Å². The molecule has 0 spiro atoms. The predicted molar refractivity (Wildman–Crippen MR) is 140 cm³/mol. The Labute approximate surface area is 210 Å². The van der Waals surface area contributed by atoms with Crippen molar-refractivity contribution in [2.24, 2.45) is 5.92 Å². The van der Waals surface area contributed by atoms with Gasteiger partial charge in [0.1, 0.15) is 5.75 Å². The molecule has 2 unspecified atom stereocenters. The number of aryl methyl sites for hydroxylation is 1. The van der Waals surface area contributed by atoms with Gasteiger partial charge in [-0.15, -0.1) is 11.3 Å². The van der Waals surface area contributed by atoms with Gasteiger partial charge in [-0.3, -0.25) is 9.59 Å². The van der Waals surface area contributed by atoms with E-state index in [0.29, 0.717) is 0 Å². The molecule has 3 heterocycles.